The van der Waals surface area contributed by atoms with Crippen LogP contribution in [0.15, 0.2) is 0 Å². The third kappa shape index (κ3) is 2.95. The van der Waals surface area contributed by atoms with E-state index in [1.807, 2.05) is 11.9 Å². The molecule has 0 aromatic heterocycles. The van der Waals surface area contributed by atoms with Crippen LogP contribution in [-0.2, 0) is 9.53 Å². The molecule has 0 radical (unpaired) electrons. The first kappa shape index (κ1) is 11.9. The molecule has 2 aliphatic heterocycles. The van der Waals surface area contributed by atoms with Gasteiger partial charge in [0.15, 0.2) is 0 Å². The van der Waals surface area contributed by atoms with Crippen LogP contribution in [0.4, 0.5) is 0 Å². The Hall–Kier alpha value is -0.610. The molecule has 0 spiro atoms. The Balaban J connectivity index is 1.77. The summed E-state index contributed by atoms with van der Waals surface area (Å²) in [7, 11) is 1.91. The summed E-state index contributed by atoms with van der Waals surface area (Å²) in [5.41, 5.74) is 0. The quantitative estimate of drug-likeness (QED) is 0.767. The van der Waals surface area contributed by atoms with Crippen LogP contribution in [0.2, 0.25) is 0 Å². The molecule has 4 nitrogen and oxygen atoms in total. The average Bonchev–Trinajstić information content (AvgIpc) is 2.83. The standard InChI is InChI=1S/C12H22N2O2/c1-14(9-10-4-6-13-7-5-10)12(15)11-3-2-8-16-11/h10-11,13H,2-9H2,1H3. The number of ether oxygens (including phenoxy) is 1. The fourth-order valence-corrected chi connectivity index (χ4v) is 2.56. The van der Waals surface area contributed by atoms with E-state index < -0.39 is 0 Å². The van der Waals surface area contributed by atoms with E-state index in [9.17, 15) is 4.79 Å². The van der Waals surface area contributed by atoms with Gasteiger partial charge in [-0.1, -0.05) is 0 Å². The fraction of sp³-hybridized carbons (Fsp3) is 0.917. The summed E-state index contributed by atoms with van der Waals surface area (Å²) < 4.78 is 5.42. The van der Waals surface area contributed by atoms with Crippen LogP contribution in [0.5, 0.6) is 0 Å². The molecule has 2 fully saturated rings. The van der Waals surface area contributed by atoms with E-state index in [1.165, 1.54) is 12.8 Å². The number of hydrogen-bond donors (Lipinski definition) is 1. The molecule has 1 amide bonds. The lowest BCUT2D eigenvalue weighted by molar-refractivity contribution is -0.140. The van der Waals surface area contributed by atoms with Gasteiger partial charge in [-0.2, -0.15) is 0 Å². The zero-order chi connectivity index (χ0) is 11.4. The lowest BCUT2D eigenvalue weighted by Gasteiger charge is -2.28. The zero-order valence-corrected chi connectivity index (χ0v) is 10.1. The van der Waals surface area contributed by atoms with Crippen molar-refractivity contribution in [1.82, 2.24) is 10.2 Å². The van der Waals surface area contributed by atoms with Crippen molar-refractivity contribution in [2.45, 2.75) is 31.8 Å². The third-order valence-corrected chi connectivity index (χ3v) is 3.57. The molecule has 0 aromatic rings. The first-order valence-electron chi connectivity index (χ1n) is 6.34. The third-order valence-electron chi connectivity index (χ3n) is 3.57. The first-order valence-corrected chi connectivity index (χ1v) is 6.34. The molecule has 0 aromatic carbocycles. The summed E-state index contributed by atoms with van der Waals surface area (Å²) in [4.78, 5) is 13.9. The Morgan fingerprint density at radius 1 is 1.38 bits per heavy atom. The maximum atomic E-state index is 12.0. The largest absolute Gasteiger partial charge is 0.368 e. The predicted molar refractivity (Wildman–Crippen MR) is 62.2 cm³/mol. The number of likely N-dealkylation sites (N-methyl/N-ethyl adjacent to an activating group) is 1. The molecule has 0 saturated carbocycles. The number of amides is 1. The van der Waals surface area contributed by atoms with Crippen LogP contribution < -0.4 is 5.32 Å². The summed E-state index contributed by atoms with van der Waals surface area (Å²) in [6.07, 6.45) is 4.13. The van der Waals surface area contributed by atoms with Crippen molar-refractivity contribution in [2.24, 2.45) is 5.92 Å². The van der Waals surface area contributed by atoms with Crippen LogP contribution in [0.1, 0.15) is 25.7 Å². The van der Waals surface area contributed by atoms with Crippen LogP contribution in [-0.4, -0.2) is 50.2 Å². The van der Waals surface area contributed by atoms with Crippen molar-refractivity contribution in [1.29, 1.82) is 0 Å². The maximum absolute atomic E-state index is 12.0. The number of nitrogens with zero attached hydrogens (tertiary/aromatic N) is 1. The minimum atomic E-state index is -0.160. The summed E-state index contributed by atoms with van der Waals surface area (Å²) in [6.45, 7) is 3.82. The van der Waals surface area contributed by atoms with Crippen LogP contribution in [0, 0.1) is 5.92 Å². The Morgan fingerprint density at radius 2 is 2.12 bits per heavy atom. The van der Waals surface area contributed by atoms with Gasteiger partial charge in [-0.3, -0.25) is 4.79 Å². The number of hydrogen-bond acceptors (Lipinski definition) is 3. The van der Waals surface area contributed by atoms with E-state index in [1.54, 1.807) is 0 Å². The molecule has 2 saturated heterocycles. The lowest BCUT2D eigenvalue weighted by Crippen LogP contribution is -2.41. The van der Waals surface area contributed by atoms with Crippen molar-refractivity contribution < 1.29 is 9.53 Å². The van der Waals surface area contributed by atoms with E-state index in [2.05, 4.69) is 5.32 Å². The highest BCUT2D eigenvalue weighted by Gasteiger charge is 2.27. The molecule has 2 rings (SSSR count). The Bertz CT molecular complexity index is 233. The SMILES string of the molecule is CN(CC1CCNCC1)C(=O)C1CCCO1. The Labute approximate surface area is 97.3 Å². The van der Waals surface area contributed by atoms with Crippen LogP contribution in [0.25, 0.3) is 0 Å². The van der Waals surface area contributed by atoms with E-state index >= 15 is 0 Å². The number of piperidine rings is 1. The van der Waals surface area contributed by atoms with Gasteiger partial charge in [-0.05, 0) is 44.7 Å². The van der Waals surface area contributed by atoms with Gasteiger partial charge in [0.05, 0.1) is 0 Å². The zero-order valence-electron chi connectivity index (χ0n) is 10.1. The molecule has 2 aliphatic rings. The van der Waals surface area contributed by atoms with Crippen molar-refractivity contribution in [3.8, 4) is 0 Å². The van der Waals surface area contributed by atoms with E-state index in [0.29, 0.717) is 5.92 Å². The average molecular weight is 226 g/mol. The van der Waals surface area contributed by atoms with E-state index in [4.69, 9.17) is 4.74 Å². The number of carbonyl (C=O) groups is 1. The van der Waals surface area contributed by atoms with Gasteiger partial charge >= 0.3 is 0 Å². The second-order valence-electron chi connectivity index (χ2n) is 4.91. The highest BCUT2D eigenvalue weighted by molar-refractivity contribution is 5.80. The van der Waals surface area contributed by atoms with E-state index in [-0.39, 0.29) is 12.0 Å². The van der Waals surface area contributed by atoms with Crippen molar-refractivity contribution >= 4 is 5.91 Å². The van der Waals surface area contributed by atoms with Gasteiger partial charge in [0, 0.05) is 20.2 Å². The summed E-state index contributed by atoms with van der Waals surface area (Å²) in [5.74, 6) is 0.840. The monoisotopic (exact) mass is 226 g/mol. The highest BCUT2D eigenvalue weighted by Crippen LogP contribution is 2.17. The molecule has 92 valence electrons. The molecule has 0 aliphatic carbocycles. The Morgan fingerprint density at radius 3 is 2.75 bits per heavy atom. The fourth-order valence-electron chi connectivity index (χ4n) is 2.56. The van der Waals surface area contributed by atoms with Crippen LogP contribution >= 0.6 is 0 Å². The summed E-state index contributed by atoms with van der Waals surface area (Å²) in [6, 6.07) is 0. The van der Waals surface area contributed by atoms with Crippen molar-refractivity contribution in [2.75, 3.05) is 33.3 Å². The second kappa shape index (κ2) is 5.64. The molecule has 1 N–H and O–H groups in total. The van der Waals surface area contributed by atoms with Gasteiger partial charge in [0.25, 0.3) is 5.91 Å². The molecular formula is C12H22N2O2. The second-order valence-corrected chi connectivity index (χ2v) is 4.91. The van der Waals surface area contributed by atoms with E-state index in [0.717, 1.165) is 39.1 Å². The number of nitrogens with one attached hydrogen (secondary N) is 1. The first-order chi connectivity index (χ1) is 7.77. The van der Waals surface area contributed by atoms with Crippen LogP contribution in [0.3, 0.4) is 0 Å². The van der Waals surface area contributed by atoms with Gasteiger partial charge < -0.3 is 15.0 Å². The van der Waals surface area contributed by atoms with Gasteiger partial charge in [-0.15, -0.1) is 0 Å². The molecule has 2 heterocycles. The van der Waals surface area contributed by atoms with Gasteiger partial charge in [0.2, 0.25) is 0 Å². The molecular weight excluding hydrogens is 204 g/mol. The lowest BCUT2D eigenvalue weighted by atomic mass is 9.97. The minimum Gasteiger partial charge on any atom is -0.368 e. The molecule has 1 atom stereocenters. The summed E-state index contributed by atoms with van der Waals surface area (Å²) in [5, 5.41) is 3.34. The number of rotatable bonds is 3. The van der Waals surface area contributed by atoms with Gasteiger partial charge in [-0.25, -0.2) is 0 Å². The van der Waals surface area contributed by atoms with Crippen molar-refractivity contribution in [3.05, 3.63) is 0 Å². The highest BCUT2D eigenvalue weighted by atomic mass is 16.5. The predicted octanol–water partition coefficient (Wildman–Crippen LogP) is 0.623. The molecule has 4 heteroatoms. The minimum absolute atomic E-state index is 0.160. The smallest absolute Gasteiger partial charge is 0.251 e. The van der Waals surface area contributed by atoms with Crippen molar-refractivity contribution in [3.63, 3.8) is 0 Å². The molecule has 16 heavy (non-hydrogen) atoms. The Kier molecular flexibility index (Phi) is 4.18. The normalized spacial score (nSPS) is 26.9. The molecule has 1 unspecified atom stereocenters. The summed E-state index contributed by atoms with van der Waals surface area (Å²) >= 11 is 0. The number of carbonyl (C=O) groups excluding carboxylic acids is 1. The maximum Gasteiger partial charge on any atom is 0.251 e. The van der Waals surface area contributed by atoms with Gasteiger partial charge in [0.1, 0.15) is 6.10 Å². The topological polar surface area (TPSA) is 41.6 Å². The molecule has 0 bridgehead atoms.